The van der Waals surface area contributed by atoms with Crippen molar-refractivity contribution in [2.24, 2.45) is 14.1 Å². The lowest BCUT2D eigenvalue weighted by molar-refractivity contribution is 0.593. The highest BCUT2D eigenvalue weighted by atomic mass is 32.2. The molecule has 1 aromatic heterocycles. The summed E-state index contributed by atoms with van der Waals surface area (Å²) in [5.41, 5.74) is -0.149. The van der Waals surface area contributed by atoms with Crippen LogP contribution in [0, 0.1) is 0 Å². The van der Waals surface area contributed by atoms with Gasteiger partial charge in [-0.15, -0.1) is 6.58 Å². The number of hydrogen-bond acceptors (Lipinski definition) is 4. The van der Waals surface area contributed by atoms with E-state index in [1.165, 1.54) is 47.2 Å². The van der Waals surface area contributed by atoms with E-state index >= 15 is 0 Å². The Balaban J connectivity index is 2.25. The molecule has 0 saturated carbocycles. The van der Waals surface area contributed by atoms with Gasteiger partial charge in [0.2, 0.25) is 0 Å². The molecule has 0 radical (unpaired) electrons. The van der Waals surface area contributed by atoms with Gasteiger partial charge in [0.15, 0.2) is 0 Å². The second kappa shape index (κ2) is 6.88. The summed E-state index contributed by atoms with van der Waals surface area (Å²) in [5, 5.41) is 0.160. The molecule has 7 nitrogen and oxygen atoms in total. The topological polar surface area (TPSA) is 81.4 Å². The zero-order valence-corrected chi connectivity index (χ0v) is 15.8. The number of benzene rings is 2. The van der Waals surface area contributed by atoms with Gasteiger partial charge in [-0.05, 0) is 30.3 Å². The number of anilines is 1. The fraction of sp³-hybridized carbons (Fsp3) is 0.158. The third-order valence-corrected chi connectivity index (χ3v) is 6.16. The Hall–Kier alpha value is -3.13. The number of aryl methyl sites for hydroxylation is 1. The number of fused-ring (bicyclic) bond motifs is 1. The van der Waals surface area contributed by atoms with Crippen molar-refractivity contribution < 1.29 is 8.42 Å². The maximum absolute atomic E-state index is 13.2. The SMILES string of the molecule is C=CCN(c1ccccc1)S(=O)(=O)c1ccc2c(c1)c(=O)n(C)c(=O)n2C. The molecule has 0 bridgehead atoms. The summed E-state index contributed by atoms with van der Waals surface area (Å²) in [6.07, 6.45) is 1.49. The van der Waals surface area contributed by atoms with Crippen LogP contribution in [0.25, 0.3) is 10.9 Å². The van der Waals surface area contributed by atoms with Crippen LogP contribution < -0.4 is 15.6 Å². The minimum absolute atomic E-state index is 0.0311. The van der Waals surface area contributed by atoms with E-state index in [-0.39, 0.29) is 16.8 Å². The van der Waals surface area contributed by atoms with Gasteiger partial charge in [0.1, 0.15) is 0 Å². The molecule has 0 atom stereocenters. The van der Waals surface area contributed by atoms with Crippen molar-refractivity contribution in [1.82, 2.24) is 9.13 Å². The summed E-state index contributed by atoms with van der Waals surface area (Å²) in [5.74, 6) is 0. The van der Waals surface area contributed by atoms with Crippen LogP contribution in [0.2, 0.25) is 0 Å². The first-order chi connectivity index (χ1) is 12.8. The number of rotatable bonds is 5. The van der Waals surface area contributed by atoms with Crippen LogP contribution in [0.3, 0.4) is 0 Å². The maximum Gasteiger partial charge on any atom is 0.330 e. The predicted molar refractivity (Wildman–Crippen MR) is 106 cm³/mol. The van der Waals surface area contributed by atoms with Crippen molar-refractivity contribution >= 4 is 26.6 Å². The Kier molecular flexibility index (Phi) is 4.75. The van der Waals surface area contributed by atoms with E-state index in [2.05, 4.69) is 6.58 Å². The van der Waals surface area contributed by atoms with Gasteiger partial charge < -0.3 is 0 Å². The summed E-state index contributed by atoms with van der Waals surface area (Å²) >= 11 is 0. The maximum atomic E-state index is 13.2. The highest BCUT2D eigenvalue weighted by molar-refractivity contribution is 7.92. The molecule has 27 heavy (non-hydrogen) atoms. The highest BCUT2D eigenvalue weighted by Crippen LogP contribution is 2.25. The molecule has 0 spiro atoms. The molecule has 1 heterocycles. The van der Waals surface area contributed by atoms with Crippen LogP contribution in [0.15, 0.2) is 75.7 Å². The van der Waals surface area contributed by atoms with Gasteiger partial charge in [0.25, 0.3) is 15.6 Å². The van der Waals surface area contributed by atoms with E-state index in [9.17, 15) is 18.0 Å². The zero-order valence-electron chi connectivity index (χ0n) is 15.0. The highest BCUT2D eigenvalue weighted by Gasteiger charge is 2.25. The Morgan fingerprint density at radius 2 is 1.70 bits per heavy atom. The first-order valence-corrected chi connectivity index (χ1v) is 9.61. The van der Waals surface area contributed by atoms with E-state index in [1.807, 2.05) is 0 Å². The third kappa shape index (κ3) is 3.08. The molecule has 3 rings (SSSR count). The lowest BCUT2D eigenvalue weighted by atomic mass is 10.2. The van der Waals surface area contributed by atoms with Gasteiger partial charge in [-0.2, -0.15) is 0 Å². The molecule has 140 valence electrons. The lowest BCUT2D eigenvalue weighted by Gasteiger charge is -2.23. The molecular formula is C19H19N3O4S. The van der Waals surface area contributed by atoms with Crippen LogP contribution in [-0.2, 0) is 24.1 Å². The minimum atomic E-state index is -3.93. The number of aromatic nitrogens is 2. The molecular weight excluding hydrogens is 366 g/mol. The van der Waals surface area contributed by atoms with Gasteiger partial charge in [-0.1, -0.05) is 24.3 Å². The molecule has 0 N–H and O–H groups in total. The molecule has 0 fully saturated rings. The molecule has 0 unspecified atom stereocenters. The third-order valence-electron chi connectivity index (χ3n) is 4.37. The standard InChI is InChI=1S/C19H19N3O4S/c1-4-12-22(14-8-6-5-7-9-14)27(25,26)15-10-11-17-16(13-15)18(23)21(3)19(24)20(17)2/h4-11,13H,1,12H2,2-3H3. The van der Waals surface area contributed by atoms with Crippen LogP contribution in [0.1, 0.15) is 0 Å². The fourth-order valence-corrected chi connectivity index (χ4v) is 4.38. The van der Waals surface area contributed by atoms with E-state index < -0.39 is 21.3 Å². The summed E-state index contributed by atoms with van der Waals surface area (Å²) in [6.45, 7) is 3.71. The second-order valence-corrected chi connectivity index (χ2v) is 7.91. The van der Waals surface area contributed by atoms with Gasteiger partial charge in [0.05, 0.1) is 28.0 Å². The van der Waals surface area contributed by atoms with Gasteiger partial charge >= 0.3 is 5.69 Å². The minimum Gasteiger partial charge on any atom is -0.296 e. The average Bonchev–Trinajstić information content (AvgIpc) is 2.68. The molecule has 0 saturated heterocycles. The lowest BCUT2D eigenvalue weighted by Crippen LogP contribution is -2.37. The number of hydrogen-bond donors (Lipinski definition) is 0. The number of nitrogens with zero attached hydrogens (tertiary/aromatic N) is 3. The van der Waals surface area contributed by atoms with Crippen molar-refractivity contribution in [2.75, 3.05) is 10.8 Å². The van der Waals surface area contributed by atoms with Crippen molar-refractivity contribution in [3.05, 3.63) is 82.0 Å². The molecule has 2 aromatic carbocycles. The van der Waals surface area contributed by atoms with Crippen molar-refractivity contribution in [3.63, 3.8) is 0 Å². The molecule has 0 aliphatic carbocycles. The summed E-state index contributed by atoms with van der Waals surface area (Å²) in [4.78, 5) is 24.5. The van der Waals surface area contributed by atoms with Crippen LogP contribution in [0.4, 0.5) is 5.69 Å². The fourth-order valence-electron chi connectivity index (χ4n) is 2.92. The van der Waals surface area contributed by atoms with Crippen molar-refractivity contribution in [2.45, 2.75) is 4.90 Å². The van der Waals surface area contributed by atoms with Crippen LogP contribution >= 0.6 is 0 Å². The Bertz CT molecular complexity index is 1240. The Morgan fingerprint density at radius 1 is 1.04 bits per heavy atom. The smallest absolute Gasteiger partial charge is 0.296 e. The second-order valence-electron chi connectivity index (χ2n) is 6.05. The largest absolute Gasteiger partial charge is 0.330 e. The molecule has 8 heteroatoms. The Labute approximate surface area is 156 Å². The van der Waals surface area contributed by atoms with Gasteiger partial charge in [-0.25, -0.2) is 13.2 Å². The van der Waals surface area contributed by atoms with E-state index in [0.717, 1.165) is 4.57 Å². The van der Waals surface area contributed by atoms with E-state index in [0.29, 0.717) is 11.2 Å². The average molecular weight is 385 g/mol. The zero-order chi connectivity index (χ0) is 19.8. The number of para-hydroxylation sites is 1. The van der Waals surface area contributed by atoms with Crippen LogP contribution in [0.5, 0.6) is 0 Å². The van der Waals surface area contributed by atoms with Crippen molar-refractivity contribution in [1.29, 1.82) is 0 Å². The quantitative estimate of drug-likeness (QED) is 0.625. The molecule has 3 aromatic rings. The Morgan fingerprint density at radius 3 is 2.33 bits per heavy atom. The molecule has 0 aliphatic heterocycles. The number of sulfonamides is 1. The van der Waals surface area contributed by atoms with Gasteiger partial charge in [-0.3, -0.25) is 18.2 Å². The molecule has 0 aliphatic rings. The van der Waals surface area contributed by atoms with E-state index in [4.69, 9.17) is 0 Å². The van der Waals surface area contributed by atoms with Gasteiger partial charge in [0, 0.05) is 14.1 Å². The van der Waals surface area contributed by atoms with Crippen LogP contribution in [-0.4, -0.2) is 24.1 Å². The summed E-state index contributed by atoms with van der Waals surface area (Å²) in [6, 6.07) is 12.8. The summed E-state index contributed by atoms with van der Waals surface area (Å²) in [7, 11) is -1.04. The predicted octanol–water partition coefficient (Wildman–Crippen LogP) is 1.62. The first-order valence-electron chi connectivity index (χ1n) is 8.17. The first kappa shape index (κ1) is 18.7. The van der Waals surface area contributed by atoms with Crippen molar-refractivity contribution in [3.8, 4) is 0 Å². The molecule has 0 amide bonds. The van der Waals surface area contributed by atoms with E-state index in [1.54, 1.807) is 30.3 Å². The monoisotopic (exact) mass is 385 g/mol. The summed E-state index contributed by atoms with van der Waals surface area (Å²) < 4.78 is 29.9. The normalized spacial score (nSPS) is 11.5.